The number of carbonyl (C=O) groups is 4. The molecule has 0 aliphatic rings. The van der Waals surface area contributed by atoms with E-state index in [0.29, 0.717) is 11.3 Å². The minimum atomic E-state index is -4.59. The van der Waals surface area contributed by atoms with Crippen molar-refractivity contribution in [3.8, 4) is 0 Å². The molecular formula is C25H26ClF3N2O6. The van der Waals surface area contributed by atoms with Crippen molar-refractivity contribution in [3.63, 3.8) is 0 Å². The lowest BCUT2D eigenvalue weighted by Crippen LogP contribution is -2.21. The minimum Gasteiger partial charge on any atom is -0.462 e. The maximum Gasteiger partial charge on any atom is 0.416 e. The molecule has 0 aliphatic heterocycles. The van der Waals surface area contributed by atoms with Crippen molar-refractivity contribution in [1.82, 2.24) is 0 Å². The Labute approximate surface area is 216 Å². The Morgan fingerprint density at radius 1 is 0.919 bits per heavy atom. The molecule has 0 fully saturated rings. The zero-order valence-electron chi connectivity index (χ0n) is 20.1. The smallest absolute Gasteiger partial charge is 0.416 e. The van der Waals surface area contributed by atoms with Crippen molar-refractivity contribution in [2.75, 3.05) is 23.8 Å². The number of hydrogen-bond donors (Lipinski definition) is 2. The number of esters is 2. The van der Waals surface area contributed by atoms with Gasteiger partial charge in [0.1, 0.15) is 0 Å². The van der Waals surface area contributed by atoms with Crippen LogP contribution in [0.5, 0.6) is 0 Å². The Balaban J connectivity index is 1.70. The number of benzene rings is 2. The van der Waals surface area contributed by atoms with Crippen LogP contribution in [-0.4, -0.2) is 37.0 Å². The monoisotopic (exact) mass is 542 g/mol. The van der Waals surface area contributed by atoms with Crippen LogP contribution in [0.25, 0.3) is 0 Å². The highest BCUT2D eigenvalue weighted by molar-refractivity contribution is 6.33. The van der Waals surface area contributed by atoms with E-state index in [2.05, 4.69) is 10.6 Å². The first-order chi connectivity index (χ1) is 17.3. The summed E-state index contributed by atoms with van der Waals surface area (Å²) in [6.45, 7) is 3.55. The quantitative estimate of drug-likeness (QED) is 0.365. The van der Waals surface area contributed by atoms with Crippen LogP contribution in [0.1, 0.15) is 49.0 Å². The Hall–Kier alpha value is -3.60. The van der Waals surface area contributed by atoms with Crippen LogP contribution in [0.15, 0.2) is 42.5 Å². The summed E-state index contributed by atoms with van der Waals surface area (Å²) in [7, 11) is 0. The van der Waals surface area contributed by atoms with Crippen molar-refractivity contribution in [2.24, 2.45) is 5.92 Å². The molecule has 8 nitrogen and oxygen atoms in total. The normalized spacial score (nSPS) is 11.1. The molecule has 0 unspecified atom stereocenters. The fourth-order valence-electron chi connectivity index (χ4n) is 2.83. The molecule has 0 bridgehead atoms. The first-order valence-corrected chi connectivity index (χ1v) is 11.6. The van der Waals surface area contributed by atoms with Gasteiger partial charge in [0.15, 0.2) is 6.61 Å². The number of nitrogens with one attached hydrogen (secondary N) is 2. The first-order valence-electron chi connectivity index (χ1n) is 11.2. The summed E-state index contributed by atoms with van der Waals surface area (Å²) < 4.78 is 48.4. The molecule has 2 aromatic rings. The highest BCUT2D eigenvalue weighted by atomic mass is 35.5. The first kappa shape index (κ1) is 29.6. The molecule has 2 amide bonds. The second-order valence-corrected chi connectivity index (χ2v) is 8.78. The average Bonchev–Trinajstić information content (AvgIpc) is 2.82. The molecule has 0 radical (unpaired) electrons. The largest absolute Gasteiger partial charge is 0.462 e. The predicted octanol–water partition coefficient (Wildman–Crippen LogP) is 5.46. The van der Waals surface area contributed by atoms with Gasteiger partial charge in [-0.1, -0.05) is 25.4 Å². The van der Waals surface area contributed by atoms with Gasteiger partial charge in [-0.15, -0.1) is 0 Å². The Morgan fingerprint density at radius 3 is 2.22 bits per heavy atom. The lowest BCUT2D eigenvalue weighted by molar-refractivity contribution is -0.147. The van der Waals surface area contributed by atoms with E-state index in [1.807, 2.05) is 13.8 Å². The van der Waals surface area contributed by atoms with Gasteiger partial charge >= 0.3 is 18.1 Å². The van der Waals surface area contributed by atoms with Crippen molar-refractivity contribution in [3.05, 3.63) is 58.6 Å². The number of amides is 2. The summed E-state index contributed by atoms with van der Waals surface area (Å²) in [4.78, 5) is 47.8. The van der Waals surface area contributed by atoms with Gasteiger partial charge in [0.2, 0.25) is 5.91 Å². The number of ether oxygens (including phenoxy) is 2. The average molecular weight is 543 g/mol. The number of anilines is 2. The van der Waals surface area contributed by atoms with Gasteiger partial charge < -0.3 is 20.1 Å². The minimum absolute atomic E-state index is 0.0389. The lowest BCUT2D eigenvalue weighted by atomic mass is 10.2. The van der Waals surface area contributed by atoms with Gasteiger partial charge in [-0.2, -0.15) is 13.2 Å². The standard InChI is InChI=1S/C25H26ClF3N2O6/c1-15(2)13-37-24(35)16-6-9-18(10-7-16)30-22(33)14-36-23(34)5-3-4-21(32)31-20-12-17(25(27,28)29)8-11-19(20)26/h6-12,15H,3-5,13-14H2,1-2H3,(H,30,33)(H,31,32). The van der Waals surface area contributed by atoms with E-state index in [4.69, 9.17) is 21.1 Å². The number of halogens is 4. The molecule has 0 saturated carbocycles. The van der Waals surface area contributed by atoms with Crippen LogP contribution in [-0.2, 0) is 30.0 Å². The van der Waals surface area contributed by atoms with Gasteiger partial charge in [0, 0.05) is 18.5 Å². The van der Waals surface area contributed by atoms with E-state index >= 15 is 0 Å². The molecule has 0 spiro atoms. The van der Waals surface area contributed by atoms with Gasteiger partial charge in [0.25, 0.3) is 5.91 Å². The molecule has 12 heteroatoms. The van der Waals surface area contributed by atoms with Crippen molar-refractivity contribution < 1.29 is 41.8 Å². The van der Waals surface area contributed by atoms with Crippen LogP contribution in [0.3, 0.4) is 0 Å². The highest BCUT2D eigenvalue weighted by Gasteiger charge is 2.31. The van der Waals surface area contributed by atoms with E-state index in [1.54, 1.807) is 0 Å². The number of hydrogen-bond acceptors (Lipinski definition) is 6. The van der Waals surface area contributed by atoms with E-state index < -0.39 is 42.1 Å². The molecule has 0 aromatic heterocycles. The third kappa shape index (κ3) is 10.5. The van der Waals surface area contributed by atoms with Crippen LogP contribution in [0.4, 0.5) is 24.5 Å². The molecule has 0 saturated heterocycles. The van der Waals surface area contributed by atoms with Gasteiger partial charge in [0.05, 0.1) is 28.4 Å². The second-order valence-electron chi connectivity index (χ2n) is 8.37. The van der Waals surface area contributed by atoms with Crippen LogP contribution in [0.2, 0.25) is 5.02 Å². The maximum atomic E-state index is 12.8. The fourth-order valence-corrected chi connectivity index (χ4v) is 3.00. The van der Waals surface area contributed by atoms with E-state index in [-0.39, 0.29) is 42.5 Å². The van der Waals surface area contributed by atoms with E-state index in [9.17, 15) is 32.3 Å². The van der Waals surface area contributed by atoms with Gasteiger partial charge in [-0.25, -0.2) is 4.79 Å². The summed E-state index contributed by atoms with van der Waals surface area (Å²) in [5, 5.41) is 4.73. The molecule has 0 atom stereocenters. The van der Waals surface area contributed by atoms with E-state index in [1.165, 1.54) is 24.3 Å². The molecule has 0 heterocycles. The maximum absolute atomic E-state index is 12.8. The van der Waals surface area contributed by atoms with Gasteiger partial charge in [-0.05, 0) is 54.8 Å². The lowest BCUT2D eigenvalue weighted by Gasteiger charge is -2.11. The highest BCUT2D eigenvalue weighted by Crippen LogP contribution is 2.33. The van der Waals surface area contributed by atoms with Crippen LogP contribution >= 0.6 is 11.6 Å². The van der Waals surface area contributed by atoms with Crippen molar-refractivity contribution in [2.45, 2.75) is 39.3 Å². The van der Waals surface area contributed by atoms with Crippen molar-refractivity contribution in [1.29, 1.82) is 0 Å². The molecule has 2 N–H and O–H groups in total. The fraction of sp³-hybridized carbons (Fsp3) is 0.360. The Morgan fingerprint density at radius 2 is 1.59 bits per heavy atom. The Bertz CT molecular complexity index is 1120. The summed E-state index contributed by atoms with van der Waals surface area (Å²) >= 11 is 5.83. The molecule has 200 valence electrons. The number of rotatable bonds is 11. The van der Waals surface area contributed by atoms with Crippen molar-refractivity contribution >= 4 is 46.7 Å². The summed E-state index contributed by atoms with van der Waals surface area (Å²) in [5.74, 6) is -2.26. The zero-order valence-corrected chi connectivity index (χ0v) is 20.9. The molecular weight excluding hydrogens is 517 g/mol. The Kier molecular flexibility index (Phi) is 10.9. The SMILES string of the molecule is CC(C)COC(=O)c1ccc(NC(=O)COC(=O)CCCC(=O)Nc2cc(C(F)(F)F)ccc2Cl)cc1. The molecule has 37 heavy (non-hydrogen) atoms. The van der Waals surface area contributed by atoms with Crippen LogP contribution < -0.4 is 10.6 Å². The predicted molar refractivity (Wildman–Crippen MR) is 130 cm³/mol. The molecule has 0 aliphatic carbocycles. The van der Waals surface area contributed by atoms with Gasteiger partial charge in [-0.3, -0.25) is 14.4 Å². The summed E-state index contributed by atoms with van der Waals surface area (Å²) in [6.07, 6.45) is -4.92. The van der Waals surface area contributed by atoms with Crippen LogP contribution in [0, 0.1) is 5.92 Å². The molecule has 2 aromatic carbocycles. The molecule has 2 rings (SSSR count). The number of alkyl halides is 3. The summed E-state index contributed by atoms with van der Waals surface area (Å²) in [5.41, 5.74) is -0.453. The zero-order chi connectivity index (χ0) is 27.6. The van der Waals surface area contributed by atoms with E-state index in [0.717, 1.165) is 18.2 Å². The third-order valence-corrected chi connectivity index (χ3v) is 5.00. The summed E-state index contributed by atoms with van der Waals surface area (Å²) in [6, 6.07) is 8.52. The second kappa shape index (κ2) is 13.6. The third-order valence-electron chi connectivity index (χ3n) is 4.67. The topological polar surface area (TPSA) is 111 Å². The number of carbonyl (C=O) groups excluding carboxylic acids is 4.